The fourth-order valence-corrected chi connectivity index (χ4v) is 5.79. The molecule has 2 fully saturated rings. The summed E-state index contributed by atoms with van der Waals surface area (Å²) in [6.07, 6.45) is 9.48. The van der Waals surface area contributed by atoms with Gasteiger partial charge >= 0.3 is 0 Å². The summed E-state index contributed by atoms with van der Waals surface area (Å²) >= 11 is 0. The predicted molar refractivity (Wildman–Crippen MR) is 123 cm³/mol. The fourth-order valence-electron chi connectivity index (χ4n) is 5.79. The molecule has 1 saturated heterocycles. The molecule has 2 aromatic heterocycles. The molecule has 0 unspecified atom stereocenters. The molecule has 160 valence electrons. The van der Waals surface area contributed by atoms with Crippen LogP contribution >= 0.6 is 0 Å². The van der Waals surface area contributed by atoms with Gasteiger partial charge in [-0.2, -0.15) is 0 Å². The molecule has 31 heavy (non-hydrogen) atoms. The molecule has 0 radical (unpaired) electrons. The standard InChI is InChI=1S/C26H30N4O/c1-16-13-28-25-21(16)12-20(14-29-25)19-10-18-5-9-30(26(6-7-26)17(2)31)15-23(18)22(11-19)24-4-3-8-27-24/h10-14,24,27H,3-9,15H2,1-2H3,(H,28,29)/t24-/m0/s1. The monoisotopic (exact) mass is 414 g/mol. The van der Waals surface area contributed by atoms with Gasteiger partial charge in [-0.15, -0.1) is 0 Å². The first kappa shape index (κ1) is 19.2. The number of Topliss-reactive ketones (excluding diaryl/α,β-unsaturated/α-hetero) is 1. The summed E-state index contributed by atoms with van der Waals surface area (Å²) in [6.45, 7) is 6.86. The summed E-state index contributed by atoms with van der Waals surface area (Å²) < 4.78 is 0. The van der Waals surface area contributed by atoms with Crippen molar-refractivity contribution in [3.63, 3.8) is 0 Å². The van der Waals surface area contributed by atoms with Crippen LogP contribution in [0.4, 0.5) is 0 Å². The lowest BCUT2D eigenvalue weighted by molar-refractivity contribution is -0.124. The van der Waals surface area contributed by atoms with E-state index >= 15 is 0 Å². The van der Waals surface area contributed by atoms with Crippen molar-refractivity contribution in [2.45, 2.75) is 64.1 Å². The minimum absolute atomic E-state index is 0.183. The number of ketones is 1. The van der Waals surface area contributed by atoms with E-state index in [1.807, 2.05) is 12.4 Å². The van der Waals surface area contributed by atoms with E-state index < -0.39 is 0 Å². The van der Waals surface area contributed by atoms with Crippen molar-refractivity contribution in [1.82, 2.24) is 20.2 Å². The number of nitrogens with zero attached hydrogens (tertiary/aromatic N) is 2. The number of carbonyl (C=O) groups is 1. The van der Waals surface area contributed by atoms with Crippen LogP contribution in [0.2, 0.25) is 0 Å². The van der Waals surface area contributed by atoms with Crippen LogP contribution in [0.25, 0.3) is 22.2 Å². The molecule has 2 aliphatic heterocycles. The molecular formula is C26H30N4O. The average molecular weight is 415 g/mol. The van der Waals surface area contributed by atoms with Gasteiger partial charge in [-0.05, 0) is 92.4 Å². The van der Waals surface area contributed by atoms with Crippen LogP contribution in [-0.4, -0.2) is 39.3 Å². The highest BCUT2D eigenvalue weighted by Crippen LogP contribution is 2.46. The molecule has 1 aliphatic carbocycles. The Kier molecular flexibility index (Phi) is 4.34. The van der Waals surface area contributed by atoms with Gasteiger partial charge in [0.15, 0.2) is 0 Å². The van der Waals surface area contributed by atoms with Crippen LogP contribution in [0.15, 0.2) is 30.6 Å². The van der Waals surface area contributed by atoms with E-state index in [9.17, 15) is 4.79 Å². The summed E-state index contributed by atoms with van der Waals surface area (Å²) in [7, 11) is 0. The molecule has 1 atom stereocenters. The van der Waals surface area contributed by atoms with Crippen LogP contribution in [0.1, 0.15) is 60.9 Å². The molecule has 2 N–H and O–H groups in total. The van der Waals surface area contributed by atoms with Gasteiger partial charge in [0.25, 0.3) is 0 Å². The van der Waals surface area contributed by atoms with Crippen molar-refractivity contribution < 1.29 is 4.79 Å². The van der Waals surface area contributed by atoms with Gasteiger partial charge in [0.1, 0.15) is 11.4 Å². The minimum atomic E-state index is -0.183. The molecule has 6 rings (SSSR count). The molecule has 3 aromatic rings. The summed E-state index contributed by atoms with van der Waals surface area (Å²) in [6, 6.07) is 7.45. The van der Waals surface area contributed by atoms with E-state index in [4.69, 9.17) is 0 Å². The highest BCUT2D eigenvalue weighted by molar-refractivity contribution is 5.89. The van der Waals surface area contributed by atoms with Crippen molar-refractivity contribution in [2.75, 3.05) is 13.1 Å². The number of hydrogen-bond donors (Lipinski definition) is 2. The smallest absolute Gasteiger partial charge is 0.150 e. The Morgan fingerprint density at radius 3 is 2.84 bits per heavy atom. The van der Waals surface area contributed by atoms with Gasteiger partial charge in [0, 0.05) is 42.5 Å². The molecule has 0 bridgehead atoms. The lowest BCUT2D eigenvalue weighted by Crippen LogP contribution is -2.45. The number of fused-ring (bicyclic) bond motifs is 2. The second kappa shape index (κ2) is 7.01. The van der Waals surface area contributed by atoms with E-state index in [0.717, 1.165) is 44.5 Å². The first-order chi connectivity index (χ1) is 15.0. The van der Waals surface area contributed by atoms with E-state index in [-0.39, 0.29) is 5.54 Å². The first-order valence-corrected chi connectivity index (χ1v) is 11.6. The number of nitrogens with one attached hydrogen (secondary N) is 2. The van der Waals surface area contributed by atoms with Crippen molar-refractivity contribution in [3.8, 4) is 11.1 Å². The SMILES string of the molecule is CC(=O)C1(N2CCc3cc(-c4cnc5[nH]cc(C)c5c4)cc([C@@H]4CCCN4)c3C2)CC1. The van der Waals surface area contributed by atoms with Crippen LogP contribution in [0.3, 0.4) is 0 Å². The summed E-state index contributed by atoms with van der Waals surface area (Å²) in [4.78, 5) is 22.8. The Morgan fingerprint density at radius 2 is 2.10 bits per heavy atom. The highest BCUT2D eigenvalue weighted by Gasteiger charge is 2.52. The van der Waals surface area contributed by atoms with Crippen molar-refractivity contribution in [2.24, 2.45) is 0 Å². The zero-order chi connectivity index (χ0) is 21.2. The van der Waals surface area contributed by atoms with Crippen LogP contribution in [-0.2, 0) is 17.8 Å². The number of carbonyl (C=O) groups excluding carboxylic acids is 1. The summed E-state index contributed by atoms with van der Waals surface area (Å²) in [5.74, 6) is 0.342. The van der Waals surface area contributed by atoms with Crippen molar-refractivity contribution >= 4 is 16.8 Å². The van der Waals surface area contributed by atoms with Gasteiger partial charge in [0.05, 0.1) is 5.54 Å². The second-order valence-electron chi connectivity index (χ2n) is 9.70. The quantitative estimate of drug-likeness (QED) is 0.662. The third kappa shape index (κ3) is 3.06. The number of pyridine rings is 1. The minimum Gasteiger partial charge on any atom is -0.346 e. The molecule has 0 spiro atoms. The topological polar surface area (TPSA) is 61.0 Å². The van der Waals surface area contributed by atoms with Gasteiger partial charge < -0.3 is 10.3 Å². The molecule has 1 saturated carbocycles. The third-order valence-electron chi connectivity index (χ3n) is 7.87. The maximum Gasteiger partial charge on any atom is 0.150 e. The Morgan fingerprint density at radius 1 is 1.23 bits per heavy atom. The average Bonchev–Trinajstić information content (AvgIpc) is 3.27. The lowest BCUT2D eigenvalue weighted by Gasteiger charge is -2.36. The van der Waals surface area contributed by atoms with E-state index in [1.54, 1.807) is 6.92 Å². The number of benzene rings is 1. The largest absolute Gasteiger partial charge is 0.346 e. The molecule has 4 heterocycles. The Hall–Kier alpha value is -2.50. The van der Waals surface area contributed by atoms with Crippen LogP contribution in [0.5, 0.6) is 0 Å². The van der Waals surface area contributed by atoms with E-state index in [2.05, 4.69) is 45.3 Å². The molecule has 5 heteroatoms. The van der Waals surface area contributed by atoms with Crippen molar-refractivity contribution in [3.05, 3.63) is 52.8 Å². The fraction of sp³-hybridized carbons (Fsp3) is 0.462. The second-order valence-corrected chi connectivity index (χ2v) is 9.70. The zero-order valence-corrected chi connectivity index (χ0v) is 18.4. The number of aromatic amines is 1. The summed E-state index contributed by atoms with van der Waals surface area (Å²) in [5, 5.41) is 4.92. The maximum absolute atomic E-state index is 12.4. The molecule has 1 aromatic carbocycles. The van der Waals surface area contributed by atoms with Gasteiger partial charge in [-0.3, -0.25) is 9.69 Å². The zero-order valence-electron chi connectivity index (χ0n) is 18.4. The number of hydrogen-bond acceptors (Lipinski definition) is 4. The normalized spacial score (nSPS) is 22.6. The van der Waals surface area contributed by atoms with Gasteiger partial charge in [-0.25, -0.2) is 4.98 Å². The van der Waals surface area contributed by atoms with E-state index in [0.29, 0.717) is 11.8 Å². The Bertz CT molecular complexity index is 1180. The number of H-pyrrole nitrogens is 1. The molecule has 3 aliphatic rings. The Labute approximate surface area is 183 Å². The van der Waals surface area contributed by atoms with Gasteiger partial charge in [-0.1, -0.05) is 6.07 Å². The Balaban J connectivity index is 1.44. The third-order valence-corrected chi connectivity index (χ3v) is 7.87. The predicted octanol–water partition coefficient (Wildman–Crippen LogP) is 4.44. The highest BCUT2D eigenvalue weighted by atomic mass is 16.1. The lowest BCUT2D eigenvalue weighted by atomic mass is 9.86. The van der Waals surface area contributed by atoms with E-state index in [1.165, 1.54) is 51.6 Å². The van der Waals surface area contributed by atoms with Crippen LogP contribution < -0.4 is 5.32 Å². The number of rotatable bonds is 4. The molecular weight excluding hydrogens is 384 g/mol. The summed E-state index contributed by atoms with van der Waals surface area (Å²) in [5.41, 5.74) is 8.77. The molecule has 5 nitrogen and oxygen atoms in total. The first-order valence-electron chi connectivity index (χ1n) is 11.6. The van der Waals surface area contributed by atoms with Crippen molar-refractivity contribution in [1.29, 1.82) is 0 Å². The number of aryl methyl sites for hydroxylation is 1. The maximum atomic E-state index is 12.4. The van der Waals surface area contributed by atoms with Gasteiger partial charge in [0.2, 0.25) is 0 Å². The molecule has 0 amide bonds. The van der Waals surface area contributed by atoms with Crippen LogP contribution in [0, 0.1) is 6.92 Å². The number of aromatic nitrogens is 2.